The van der Waals surface area contributed by atoms with Gasteiger partial charge < -0.3 is 10.1 Å². The lowest BCUT2D eigenvalue weighted by Crippen LogP contribution is -2.14. The van der Waals surface area contributed by atoms with Gasteiger partial charge in [-0.25, -0.2) is 0 Å². The number of nitro groups is 1. The Labute approximate surface area is 119 Å². The molecular weight excluding hydrogens is 280 g/mol. The van der Waals surface area contributed by atoms with Crippen molar-refractivity contribution in [2.75, 3.05) is 12.4 Å². The van der Waals surface area contributed by atoms with Gasteiger partial charge in [0.25, 0.3) is 5.69 Å². The first-order valence-electron chi connectivity index (χ1n) is 5.75. The first-order valence-corrected chi connectivity index (χ1v) is 6.63. The van der Waals surface area contributed by atoms with Crippen LogP contribution in [0.3, 0.4) is 0 Å². The summed E-state index contributed by atoms with van der Waals surface area (Å²) in [5, 5.41) is 15.3. The minimum absolute atomic E-state index is 0.0998. The van der Waals surface area contributed by atoms with Gasteiger partial charge in [-0.2, -0.15) is 0 Å². The second kappa shape index (κ2) is 6.16. The van der Waals surface area contributed by atoms with E-state index < -0.39 is 4.92 Å². The first kappa shape index (κ1) is 14.0. The summed E-state index contributed by atoms with van der Waals surface area (Å²) in [7, 11) is 1.44. The Balaban J connectivity index is 2.16. The number of ether oxygens (including phenoxy) is 1. The van der Waals surface area contributed by atoms with Crippen LogP contribution in [0.4, 0.5) is 11.4 Å². The van der Waals surface area contributed by atoms with Crippen LogP contribution in [-0.2, 0) is 11.2 Å². The third-order valence-electron chi connectivity index (χ3n) is 2.58. The molecule has 1 aromatic carbocycles. The third kappa shape index (κ3) is 3.33. The molecule has 0 radical (unpaired) electrons. The maximum Gasteiger partial charge on any atom is 0.271 e. The quantitative estimate of drug-likeness (QED) is 0.678. The van der Waals surface area contributed by atoms with E-state index in [4.69, 9.17) is 4.74 Å². The summed E-state index contributed by atoms with van der Waals surface area (Å²) in [6, 6.07) is 7.79. The zero-order valence-corrected chi connectivity index (χ0v) is 11.5. The van der Waals surface area contributed by atoms with Crippen molar-refractivity contribution in [3.05, 3.63) is 50.7 Å². The van der Waals surface area contributed by atoms with E-state index in [-0.39, 0.29) is 18.0 Å². The third-order valence-corrected chi connectivity index (χ3v) is 3.46. The number of hydrogen-bond donors (Lipinski definition) is 1. The average Bonchev–Trinajstić information content (AvgIpc) is 2.91. The molecule has 0 saturated carbocycles. The molecule has 0 bridgehead atoms. The van der Waals surface area contributed by atoms with Crippen LogP contribution in [0.15, 0.2) is 35.7 Å². The fourth-order valence-corrected chi connectivity index (χ4v) is 2.38. The maximum absolute atomic E-state index is 11.9. The SMILES string of the molecule is COc1ccc([N+](=O)[O-])cc1NC(=O)Cc1cccs1. The molecule has 0 spiro atoms. The van der Waals surface area contributed by atoms with Crippen molar-refractivity contribution in [1.82, 2.24) is 0 Å². The van der Waals surface area contributed by atoms with Crippen LogP contribution in [0.2, 0.25) is 0 Å². The zero-order chi connectivity index (χ0) is 14.5. The minimum Gasteiger partial charge on any atom is -0.495 e. The summed E-state index contributed by atoms with van der Waals surface area (Å²) in [5.41, 5.74) is 0.195. The molecule has 0 aliphatic carbocycles. The van der Waals surface area contributed by atoms with Crippen LogP contribution < -0.4 is 10.1 Å². The molecule has 6 nitrogen and oxygen atoms in total. The van der Waals surface area contributed by atoms with Gasteiger partial charge in [-0.05, 0) is 17.5 Å². The van der Waals surface area contributed by atoms with Crippen molar-refractivity contribution in [3.63, 3.8) is 0 Å². The van der Waals surface area contributed by atoms with Gasteiger partial charge in [0.1, 0.15) is 5.75 Å². The molecular formula is C13H12N2O4S. The van der Waals surface area contributed by atoms with Crippen molar-refractivity contribution in [1.29, 1.82) is 0 Å². The van der Waals surface area contributed by atoms with Crippen LogP contribution in [0.5, 0.6) is 5.75 Å². The van der Waals surface area contributed by atoms with Crippen LogP contribution in [0, 0.1) is 10.1 Å². The average molecular weight is 292 g/mol. The predicted octanol–water partition coefficient (Wildman–Crippen LogP) is 2.85. The van der Waals surface area contributed by atoms with E-state index in [1.807, 2.05) is 17.5 Å². The number of nitrogens with one attached hydrogen (secondary N) is 1. The smallest absolute Gasteiger partial charge is 0.271 e. The molecule has 0 atom stereocenters. The molecule has 0 unspecified atom stereocenters. The number of nitro benzene ring substituents is 1. The molecule has 0 fully saturated rings. The Morgan fingerprint density at radius 3 is 2.85 bits per heavy atom. The lowest BCUT2D eigenvalue weighted by atomic mass is 10.2. The first-order chi connectivity index (χ1) is 9.60. The molecule has 20 heavy (non-hydrogen) atoms. The number of rotatable bonds is 5. The van der Waals surface area contributed by atoms with E-state index in [1.54, 1.807) is 0 Å². The molecule has 0 aliphatic rings. The number of benzene rings is 1. The van der Waals surface area contributed by atoms with Gasteiger partial charge in [-0.3, -0.25) is 14.9 Å². The summed E-state index contributed by atoms with van der Waals surface area (Å²) < 4.78 is 5.08. The van der Waals surface area contributed by atoms with E-state index in [0.717, 1.165) is 4.88 Å². The zero-order valence-electron chi connectivity index (χ0n) is 10.7. The van der Waals surface area contributed by atoms with Crippen molar-refractivity contribution < 1.29 is 14.5 Å². The second-order valence-corrected chi connectivity index (χ2v) is 4.98. The second-order valence-electron chi connectivity index (χ2n) is 3.95. The summed E-state index contributed by atoms with van der Waals surface area (Å²) >= 11 is 1.48. The molecule has 1 N–H and O–H groups in total. The van der Waals surface area contributed by atoms with Crippen molar-refractivity contribution in [2.24, 2.45) is 0 Å². The van der Waals surface area contributed by atoms with Gasteiger partial charge in [-0.15, -0.1) is 11.3 Å². The van der Waals surface area contributed by atoms with Crippen molar-refractivity contribution >= 4 is 28.6 Å². The van der Waals surface area contributed by atoms with Crippen LogP contribution >= 0.6 is 11.3 Å². The molecule has 2 rings (SSSR count). The maximum atomic E-state index is 11.9. The van der Waals surface area contributed by atoms with Crippen molar-refractivity contribution in [3.8, 4) is 5.75 Å². The molecule has 1 heterocycles. The molecule has 2 aromatic rings. The summed E-state index contributed by atoms with van der Waals surface area (Å²) in [6.07, 6.45) is 0.226. The standard InChI is InChI=1S/C13H12N2O4S/c1-19-12-5-4-9(15(17)18)7-11(12)14-13(16)8-10-3-2-6-20-10/h2-7H,8H2,1H3,(H,14,16). The van der Waals surface area contributed by atoms with E-state index in [0.29, 0.717) is 11.4 Å². The number of non-ortho nitro benzene ring substituents is 1. The van der Waals surface area contributed by atoms with Crippen molar-refractivity contribution in [2.45, 2.75) is 6.42 Å². The topological polar surface area (TPSA) is 81.5 Å². The van der Waals surface area contributed by atoms with E-state index in [1.165, 1.54) is 36.6 Å². The molecule has 0 aliphatic heterocycles. The van der Waals surface area contributed by atoms with E-state index >= 15 is 0 Å². The highest BCUT2D eigenvalue weighted by Crippen LogP contribution is 2.29. The molecule has 1 aromatic heterocycles. The van der Waals surface area contributed by atoms with Gasteiger partial charge in [-0.1, -0.05) is 6.07 Å². The van der Waals surface area contributed by atoms with Gasteiger partial charge >= 0.3 is 0 Å². The Hall–Kier alpha value is -2.41. The largest absolute Gasteiger partial charge is 0.495 e. The van der Waals surface area contributed by atoms with Gasteiger partial charge in [0.05, 0.1) is 24.1 Å². The molecule has 7 heteroatoms. The number of methoxy groups -OCH3 is 1. The van der Waals surface area contributed by atoms with Crippen LogP contribution in [0.25, 0.3) is 0 Å². The van der Waals surface area contributed by atoms with Gasteiger partial charge in [0.2, 0.25) is 5.91 Å². The monoisotopic (exact) mass is 292 g/mol. The van der Waals surface area contributed by atoms with E-state index in [9.17, 15) is 14.9 Å². The number of thiophene rings is 1. The normalized spacial score (nSPS) is 10.1. The number of amides is 1. The number of nitrogens with zero attached hydrogens (tertiary/aromatic N) is 1. The number of hydrogen-bond acceptors (Lipinski definition) is 5. The van der Waals surface area contributed by atoms with Crippen LogP contribution in [-0.4, -0.2) is 17.9 Å². The molecule has 104 valence electrons. The Morgan fingerprint density at radius 2 is 2.25 bits per heavy atom. The number of carbonyl (C=O) groups is 1. The Kier molecular flexibility index (Phi) is 4.31. The Bertz CT molecular complexity index is 625. The highest BCUT2D eigenvalue weighted by molar-refractivity contribution is 7.10. The summed E-state index contributed by atoms with van der Waals surface area (Å²) in [5.74, 6) is 0.140. The fraction of sp³-hybridized carbons (Fsp3) is 0.154. The minimum atomic E-state index is -0.519. The number of anilines is 1. The lowest BCUT2D eigenvalue weighted by Gasteiger charge is -2.09. The lowest BCUT2D eigenvalue weighted by molar-refractivity contribution is -0.384. The predicted molar refractivity (Wildman–Crippen MR) is 76.3 cm³/mol. The number of carbonyl (C=O) groups excluding carboxylic acids is 1. The van der Waals surface area contributed by atoms with E-state index in [2.05, 4.69) is 5.32 Å². The van der Waals surface area contributed by atoms with Gasteiger partial charge in [0.15, 0.2) is 0 Å². The Morgan fingerprint density at radius 1 is 1.45 bits per heavy atom. The highest BCUT2D eigenvalue weighted by Gasteiger charge is 2.14. The molecule has 0 saturated heterocycles. The molecule has 1 amide bonds. The highest BCUT2D eigenvalue weighted by atomic mass is 32.1. The van der Waals surface area contributed by atoms with Crippen LogP contribution in [0.1, 0.15) is 4.88 Å². The summed E-state index contributed by atoms with van der Waals surface area (Å²) in [6.45, 7) is 0. The van der Waals surface area contributed by atoms with Gasteiger partial charge in [0, 0.05) is 17.0 Å². The summed E-state index contributed by atoms with van der Waals surface area (Å²) in [4.78, 5) is 23.1. The fourth-order valence-electron chi connectivity index (χ4n) is 1.67.